The number of carbonyl (C=O) groups excluding carboxylic acids is 2. The molecule has 0 aliphatic rings. The van der Waals surface area contributed by atoms with Crippen LogP contribution in [0.4, 0.5) is 0 Å². The first-order chi connectivity index (χ1) is 9.06. The van der Waals surface area contributed by atoms with E-state index in [9.17, 15) is 9.59 Å². The van der Waals surface area contributed by atoms with E-state index in [0.717, 1.165) is 0 Å². The molecule has 0 saturated carbocycles. The maximum Gasteiger partial charge on any atom is 0.307 e. The van der Waals surface area contributed by atoms with E-state index in [0.29, 0.717) is 6.42 Å². The molecule has 0 heterocycles. The van der Waals surface area contributed by atoms with Crippen molar-refractivity contribution in [2.75, 3.05) is 6.73 Å². The van der Waals surface area contributed by atoms with Gasteiger partial charge in [0.05, 0.1) is 15.6 Å². The number of hydrogen-bond donors (Lipinski definition) is 1. The smallest absolute Gasteiger partial charge is 0.307 e. The molecule has 4 nitrogen and oxygen atoms in total. The summed E-state index contributed by atoms with van der Waals surface area (Å²) in [6.45, 7) is 3.27. The summed E-state index contributed by atoms with van der Waals surface area (Å²) in [5, 5.41) is 2.89. The van der Waals surface area contributed by atoms with Crippen LogP contribution in [0.15, 0.2) is 30.9 Å². The third-order valence-corrected chi connectivity index (χ3v) is 2.84. The monoisotopic (exact) mass is 301 g/mol. The fraction of sp³-hybridized carbons (Fsp3) is 0.231. The lowest BCUT2D eigenvalue weighted by Crippen LogP contribution is -2.28. The highest BCUT2D eigenvalue weighted by atomic mass is 35.5. The van der Waals surface area contributed by atoms with Crippen molar-refractivity contribution >= 4 is 35.1 Å². The van der Waals surface area contributed by atoms with E-state index in [1.54, 1.807) is 24.3 Å². The van der Waals surface area contributed by atoms with Crippen LogP contribution in [0.1, 0.15) is 23.2 Å². The molecule has 0 radical (unpaired) electrons. The average molecular weight is 302 g/mol. The normalized spacial score (nSPS) is 9.79. The fourth-order valence-electron chi connectivity index (χ4n) is 1.28. The molecule has 0 atom stereocenters. The van der Waals surface area contributed by atoms with Crippen molar-refractivity contribution < 1.29 is 14.3 Å². The second-order valence-electron chi connectivity index (χ2n) is 3.59. The summed E-state index contributed by atoms with van der Waals surface area (Å²) in [6, 6.07) is 4.74. The molecule has 19 heavy (non-hydrogen) atoms. The minimum atomic E-state index is -0.493. The van der Waals surface area contributed by atoms with Crippen molar-refractivity contribution in [2.24, 2.45) is 0 Å². The van der Waals surface area contributed by atoms with Gasteiger partial charge in [0.2, 0.25) is 0 Å². The molecule has 6 heteroatoms. The lowest BCUT2D eigenvalue weighted by atomic mass is 10.2. The Labute approximate surface area is 121 Å². The van der Waals surface area contributed by atoms with Gasteiger partial charge < -0.3 is 10.1 Å². The summed E-state index contributed by atoms with van der Waals surface area (Å²) in [6.07, 6.45) is 2.37. The van der Waals surface area contributed by atoms with E-state index in [1.807, 2.05) is 0 Å². The van der Waals surface area contributed by atoms with Crippen LogP contribution < -0.4 is 5.32 Å². The molecule has 0 bridgehead atoms. The van der Waals surface area contributed by atoms with Gasteiger partial charge in [-0.25, -0.2) is 0 Å². The number of amides is 1. The maximum absolute atomic E-state index is 11.8. The van der Waals surface area contributed by atoms with Crippen LogP contribution in [0.25, 0.3) is 0 Å². The minimum Gasteiger partial charge on any atom is -0.444 e. The van der Waals surface area contributed by atoms with Crippen LogP contribution in [0.3, 0.4) is 0 Å². The number of halogens is 2. The summed E-state index contributed by atoms with van der Waals surface area (Å²) in [5.41, 5.74) is 0.160. The molecule has 0 aromatic heterocycles. The van der Waals surface area contributed by atoms with Gasteiger partial charge in [0.25, 0.3) is 5.91 Å². The Bertz CT molecular complexity index is 469. The molecule has 1 rings (SSSR count). The number of carbonyl (C=O) groups is 2. The summed E-state index contributed by atoms with van der Waals surface area (Å²) in [5.74, 6) is -0.905. The molecule has 102 valence electrons. The highest BCUT2D eigenvalue weighted by molar-refractivity contribution is 6.39. The lowest BCUT2D eigenvalue weighted by molar-refractivity contribution is -0.143. The van der Waals surface area contributed by atoms with Gasteiger partial charge in [-0.3, -0.25) is 9.59 Å². The molecule has 1 aromatic rings. The van der Waals surface area contributed by atoms with Crippen LogP contribution in [0.5, 0.6) is 0 Å². The van der Waals surface area contributed by atoms with Gasteiger partial charge in [-0.05, 0) is 18.6 Å². The summed E-state index contributed by atoms with van der Waals surface area (Å²) >= 11 is 11.7. The van der Waals surface area contributed by atoms with Gasteiger partial charge in [-0.2, -0.15) is 0 Å². The number of nitrogens with one attached hydrogen (secondary N) is 1. The second kappa shape index (κ2) is 7.81. The number of esters is 1. The number of ether oxygens (including phenoxy) is 1. The highest BCUT2D eigenvalue weighted by Crippen LogP contribution is 2.23. The zero-order valence-corrected chi connectivity index (χ0v) is 11.6. The largest absolute Gasteiger partial charge is 0.444 e. The Morgan fingerprint density at radius 1 is 1.32 bits per heavy atom. The number of hydrogen-bond acceptors (Lipinski definition) is 3. The molecule has 0 saturated heterocycles. The average Bonchev–Trinajstić information content (AvgIpc) is 2.36. The molecule has 0 aliphatic heterocycles. The van der Waals surface area contributed by atoms with Crippen molar-refractivity contribution in [1.82, 2.24) is 5.32 Å². The zero-order valence-electron chi connectivity index (χ0n) is 10.1. The first-order valence-corrected chi connectivity index (χ1v) is 6.30. The highest BCUT2D eigenvalue weighted by Gasteiger charge is 2.14. The van der Waals surface area contributed by atoms with E-state index in [1.165, 1.54) is 0 Å². The molecular weight excluding hydrogens is 289 g/mol. The predicted molar refractivity (Wildman–Crippen MR) is 74.3 cm³/mol. The van der Waals surface area contributed by atoms with E-state index < -0.39 is 11.9 Å². The van der Waals surface area contributed by atoms with Crippen molar-refractivity contribution in [1.29, 1.82) is 0 Å². The van der Waals surface area contributed by atoms with Crippen LogP contribution in [-0.2, 0) is 9.53 Å². The van der Waals surface area contributed by atoms with E-state index >= 15 is 0 Å². The summed E-state index contributed by atoms with van der Waals surface area (Å²) in [4.78, 5) is 23.0. The Balaban J connectivity index is 2.48. The van der Waals surface area contributed by atoms with Crippen LogP contribution in [0, 0.1) is 0 Å². The number of benzene rings is 1. The second-order valence-corrected chi connectivity index (χ2v) is 4.40. The van der Waals surface area contributed by atoms with Crippen molar-refractivity contribution in [2.45, 2.75) is 12.8 Å². The van der Waals surface area contributed by atoms with Gasteiger partial charge in [0.15, 0.2) is 6.73 Å². The molecule has 0 aliphatic carbocycles. The van der Waals surface area contributed by atoms with E-state index in [2.05, 4.69) is 11.9 Å². The van der Waals surface area contributed by atoms with Crippen molar-refractivity contribution in [3.8, 4) is 0 Å². The van der Waals surface area contributed by atoms with Crippen LogP contribution >= 0.6 is 23.2 Å². The Morgan fingerprint density at radius 2 is 1.95 bits per heavy atom. The zero-order chi connectivity index (χ0) is 14.3. The van der Waals surface area contributed by atoms with Crippen LogP contribution in [-0.4, -0.2) is 18.6 Å². The molecule has 1 N–H and O–H groups in total. The minimum absolute atomic E-state index is 0.160. The topological polar surface area (TPSA) is 55.4 Å². The number of allylic oxidation sites excluding steroid dienone is 1. The molecule has 1 amide bonds. The first-order valence-electron chi connectivity index (χ1n) is 5.55. The van der Waals surface area contributed by atoms with Gasteiger partial charge in [0, 0.05) is 6.42 Å². The molecule has 1 aromatic carbocycles. The van der Waals surface area contributed by atoms with Gasteiger partial charge >= 0.3 is 5.97 Å². The molecule has 0 spiro atoms. The maximum atomic E-state index is 11.8. The van der Waals surface area contributed by atoms with E-state index in [-0.39, 0.29) is 28.8 Å². The molecule has 0 unspecified atom stereocenters. The van der Waals surface area contributed by atoms with Gasteiger partial charge in [-0.1, -0.05) is 35.3 Å². The van der Waals surface area contributed by atoms with Crippen LogP contribution in [0.2, 0.25) is 10.0 Å². The molecular formula is C13H13Cl2NO3. The predicted octanol–water partition coefficient (Wildman–Crippen LogP) is 3.19. The van der Waals surface area contributed by atoms with Crippen molar-refractivity contribution in [3.05, 3.63) is 46.5 Å². The molecule has 0 fully saturated rings. The fourth-order valence-corrected chi connectivity index (χ4v) is 1.85. The third kappa shape index (κ3) is 4.93. The lowest BCUT2D eigenvalue weighted by Gasteiger charge is -2.08. The SMILES string of the molecule is C=CCCC(=O)OCNC(=O)c1c(Cl)cccc1Cl. The third-order valence-electron chi connectivity index (χ3n) is 2.21. The Kier molecular flexibility index (Phi) is 6.39. The van der Waals surface area contributed by atoms with E-state index in [4.69, 9.17) is 27.9 Å². The Morgan fingerprint density at radius 3 is 2.53 bits per heavy atom. The quantitative estimate of drug-likeness (QED) is 0.499. The first kappa shape index (κ1) is 15.5. The summed E-state index contributed by atoms with van der Waals surface area (Å²) in [7, 11) is 0. The van der Waals surface area contributed by atoms with Gasteiger partial charge in [-0.15, -0.1) is 6.58 Å². The van der Waals surface area contributed by atoms with Gasteiger partial charge in [0.1, 0.15) is 0 Å². The van der Waals surface area contributed by atoms with Crippen molar-refractivity contribution in [3.63, 3.8) is 0 Å². The Hall–Kier alpha value is -1.52. The number of rotatable bonds is 6. The summed E-state index contributed by atoms with van der Waals surface area (Å²) < 4.78 is 4.81. The standard InChI is InChI=1S/C13H13Cl2NO3/c1-2-3-7-11(17)19-8-16-13(18)12-9(14)5-4-6-10(12)15/h2,4-6H,1,3,7-8H2,(H,16,18).